The Morgan fingerprint density at radius 1 is 1.04 bits per heavy atom. The average Bonchev–Trinajstić information content (AvgIpc) is 2.99. The molecule has 0 aliphatic carbocycles. The molecule has 3 nitrogen and oxygen atoms in total. The minimum Gasteiger partial charge on any atom is -0.274 e. The highest BCUT2D eigenvalue weighted by atomic mass is 35.5. The zero-order chi connectivity index (χ0) is 18.7. The van der Waals surface area contributed by atoms with Crippen molar-refractivity contribution in [1.29, 1.82) is 0 Å². The predicted molar refractivity (Wildman–Crippen MR) is 111 cm³/mol. The first-order chi connectivity index (χ1) is 12.5. The summed E-state index contributed by atoms with van der Waals surface area (Å²) in [5.74, 6) is 0.0197. The van der Waals surface area contributed by atoms with Crippen LogP contribution >= 0.6 is 34.5 Å². The number of rotatable bonds is 5. The maximum Gasteiger partial charge on any atom is 0.233 e. The van der Waals surface area contributed by atoms with Gasteiger partial charge in [0.2, 0.25) is 5.91 Å². The largest absolute Gasteiger partial charge is 0.274 e. The lowest BCUT2D eigenvalue weighted by molar-refractivity contribution is -0.117. The lowest BCUT2D eigenvalue weighted by atomic mass is 10.1. The zero-order valence-electron chi connectivity index (χ0n) is 14.5. The molecule has 0 aliphatic heterocycles. The average molecular weight is 405 g/mol. The lowest BCUT2D eigenvalue weighted by Crippen LogP contribution is -2.25. The second-order valence-corrected chi connectivity index (χ2v) is 7.92. The molecule has 2 aromatic carbocycles. The molecule has 0 radical (unpaired) electrons. The first-order valence-corrected chi connectivity index (χ1v) is 9.88. The highest BCUT2D eigenvalue weighted by molar-refractivity contribution is 7.16. The second kappa shape index (κ2) is 8.21. The number of carbonyl (C=O) groups excluding carboxylic acids is 1. The van der Waals surface area contributed by atoms with Gasteiger partial charge in [0.05, 0.1) is 11.4 Å². The van der Waals surface area contributed by atoms with E-state index in [1.165, 1.54) is 11.3 Å². The topological polar surface area (TPSA) is 33.2 Å². The van der Waals surface area contributed by atoms with Gasteiger partial charge in [0.1, 0.15) is 0 Å². The van der Waals surface area contributed by atoms with Crippen LogP contribution in [0.2, 0.25) is 10.0 Å². The zero-order valence-corrected chi connectivity index (χ0v) is 16.8. The quantitative estimate of drug-likeness (QED) is 0.463. The number of anilines is 2. The van der Waals surface area contributed by atoms with Crippen LogP contribution in [-0.2, 0) is 4.79 Å². The Bertz CT molecular complexity index is 905. The van der Waals surface area contributed by atoms with Gasteiger partial charge in [0.15, 0.2) is 5.13 Å². The summed E-state index contributed by atoms with van der Waals surface area (Å²) in [6.07, 6.45) is 1.23. The summed E-state index contributed by atoms with van der Waals surface area (Å²) in [7, 11) is 0. The summed E-state index contributed by atoms with van der Waals surface area (Å²) in [6, 6.07) is 14.8. The predicted octanol–water partition coefficient (Wildman–Crippen LogP) is 6.89. The molecule has 0 atom stereocenters. The fourth-order valence-corrected chi connectivity index (χ4v) is 3.85. The van der Waals surface area contributed by atoms with Gasteiger partial charge in [-0.3, -0.25) is 9.69 Å². The second-order valence-electron chi connectivity index (χ2n) is 5.86. The number of thiazole rings is 1. The molecule has 1 amide bonds. The van der Waals surface area contributed by atoms with Gasteiger partial charge in [-0.1, -0.05) is 42.3 Å². The highest BCUT2D eigenvalue weighted by Crippen LogP contribution is 2.37. The van der Waals surface area contributed by atoms with Crippen molar-refractivity contribution in [1.82, 2.24) is 4.98 Å². The van der Waals surface area contributed by atoms with Gasteiger partial charge in [0, 0.05) is 26.9 Å². The first kappa shape index (κ1) is 18.9. The van der Waals surface area contributed by atoms with Crippen molar-refractivity contribution in [3.8, 4) is 11.3 Å². The Morgan fingerprint density at radius 3 is 2.19 bits per heavy atom. The molecule has 6 heteroatoms. The SMILES string of the molecule is CCCC(=O)N(c1ccc(Cl)cc1)c1nc(-c2ccc(Cl)cc2)c(C)s1. The lowest BCUT2D eigenvalue weighted by Gasteiger charge is -2.20. The molecule has 0 fully saturated rings. The minimum absolute atomic E-state index is 0.0197. The van der Waals surface area contributed by atoms with Gasteiger partial charge in [-0.15, -0.1) is 11.3 Å². The number of aryl methyl sites for hydroxylation is 1. The molecule has 1 aromatic heterocycles. The monoisotopic (exact) mass is 404 g/mol. The summed E-state index contributed by atoms with van der Waals surface area (Å²) in [6.45, 7) is 4.00. The number of amides is 1. The van der Waals surface area contributed by atoms with Crippen LogP contribution in [0.1, 0.15) is 24.6 Å². The highest BCUT2D eigenvalue weighted by Gasteiger charge is 2.22. The van der Waals surface area contributed by atoms with Gasteiger partial charge in [-0.05, 0) is 49.7 Å². The smallest absolute Gasteiger partial charge is 0.233 e. The van der Waals surface area contributed by atoms with Crippen LogP contribution in [0, 0.1) is 6.92 Å². The number of carbonyl (C=O) groups is 1. The third kappa shape index (κ3) is 4.09. The number of hydrogen-bond acceptors (Lipinski definition) is 3. The third-order valence-corrected chi connectivity index (χ3v) is 5.35. The molecule has 1 heterocycles. The van der Waals surface area contributed by atoms with Crippen LogP contribution in [0.3, 0.4) is 0 Å². The van der Waals surface area contributed by atoms with Crippen molar-refractivity contribution >= 4 is 51.3 Å². The molecule has 0 spiro atoms. The Balaban J connectivity index is 2.04. The number of benzene rings is 2. The van der Waals surface area contributed by atoms with E-state index in [1.54, 1.807) is 17.0 Å². The van der Waals surface area contributed by atoms with Gasteiger partial charge in [0.25, 0.3) is 0 Å². The third-order valence-electron chi connectivity index (χ3n) is 3.89. The molecule has 0 bridgehead atoms. The molecular formula is C20H18Cl2N2OS. The minimum atomic E-state index is 0.0197. The molecule has 0 saturated heterocycles. The van der Waals surface area contributed by atoms with Crippen molar-refractivity contribution in [2.75, 3.05) is 4.90 Å². The molecule has 26 heavy (non-hydrogen) atoms. The van der Waals surface area contributed by atoms with E-state index in [0.29, 0.717) is 21.6 Å². The van der Waals surface area contributed by atoms with Crippen LogP contribution in [0.25, 0.3) is 11.3 Å². The van der Waals surface area contributed by atoms with Crippen molar-refractivity contribution in [3.05, 3.63) is 63.5 Å². The Labute approximate surface area is 167 Å². The maximum atomic E-state index is 12.8. The number of aromatic nitrogens is 1. The van der Waals surface area contributed by atoms with Crippen molar-refractivity contribution in [2.24, 2.45) is 0 Å². The summed E-state index contributed by atoms with van der Waals surface area (Å²) in [5, 5.41) is 1.98. The van der Waals surface area contributed by atoms with Crippen LogP contribution in [0.15, 0.2) is 48.5 Å². The number of nitrogens with zero attached hydrogens (tertiary/aromatic N) is 2. The van der Waals surface area contributed by atoms with E-state index >= 15 is 0 Å². The molecule has 0 saturated carbocycles. The van der Waals surface area contributed by atoms with Crippen LogP contribution in [0.4, 0.5) is 10.8 Å². The molecular weight excluding hydrogens is 387 g/mol. The first-order valence-electron chi connectivity index (χ1n) is 8.31. The fraction of sp³-hybridized carbons (Fsp3) is 0.200. The van der Waals surface area contributed by atoms with Crippen LogP contribution < -0.4 is 4.90 Å². The maximum absolute atomic E-state index is 12.8. The van der Waals surface area contributed by atoms with Gasteiger partial charge in [-0.2, -0.15) is 0 Å². The Kier molecular flexibility index (Phi) is 5.97. The standard InChI is InChI=1S/C20H18Cl2N2OS/c1-3-4-18(25)24(17-11-9-16(22)10-12-17)20-23-19(13(2)26-20)14-5-7-15(21)8-6-14/h5-12H,3-4H2,1-2H3. The molecule has 3 rings (SSSR count). The van der Waals surface area contributed by atoms with E-state index < -0.39 is 0 Å². The summed E-state index contributed by atoms with van der Waals surface area (Å²) < 4.78 is 0. The Hall–Kier alpha value is -1.88. The Morgan fingerprint density at radius 2 is 1.62 bits per heavy atom. The summed E-state index contributed by atoms with van der Waals surface area (Å²) >= 11 is 13.5. The molecule has 0 N–H and O–H groups in total. The van der Waals surface area contributed by atoms with E-state index in [0.717, 1.165) is 28.2 Å². The normalized spacial score (nSPS) is 10.8. The molecule has 3 aromatic rings. The van der Waals surface area contributed by atoms with E-state index in [9.17, 15) is 4.79 Å². The molecule has 0 aliphatic rings. The van der Waals surface area contributed by atoms with Gasteiger partial charge < -0.3 is 0 Å². The molecule has 134 valence electrons. The van der Waals surface area contributed by atoms with E-state index in [4.69, 9.17) is 28.2 Å². The van der Waals surface area contributed by atoms with Crippen LogP contribution in [-0.4, -0.2) is 10.9 Å². The van der Waals surface area contributed by atoms with E-state index in [1.807, 2.05) is 50.2 Å². The van der Waals surface area contributed by atoms with Gasteiger partial charge >= 0.3 is 0 Å². The van der Waals surface area contributed by atoms with Crippen molar-refractivity contribution in [3.63, 3.8) is 0 Å². The molecule has 0 unspecified atom stereocenters. The van der Waals surface area contributed by atoms with Gasteiger partial charge in [-0.25, -0.2) is 4.98 Å². The van der Waals surface area contributed by atoms with Crippen LogP contribution in [0.5, 0.6) is 0 Å². The van der Waals surface area contributed by atoms with E-state index in [-0.39, 0.29) is 5.91 Å². The summed E-state index contributed by atoms with van der Waals surface area (Å²) in [4.78, 5) is 20.3. The van der Waals surface area contributed by atoms with Crippen molar-refractivity contribution in [2.45, 2.75) is 26.7 Å². The fourth-order valence-electron chi connectivity index (χ4n) is 2.63. The summed E-state index contributed by atoms with van der Waals surface area (Å²) in [5.41, 5.74) is 2.61. The number of halogens is 2. The van der Waals surface area contributed by atoms with E-state index in [2.05, 4.69) is 0 Å². The number of hydrogen-bond donors (Lipinski definition) is 0. The van der Waals surface area contributed by atoms with Crippen molar-refractivity contribution < 1.29 is 4.79 Å².